The van der Waals surface area contributed by atoms with Gasteiger partial charge in [0.05, 0.1) is 11.9 Å². The molecule has 2 aromatic carbocycles. The van der Waals surface area contributed by atoms with Crippen molar-refractivity contribution < 1.29 is 14.0 Å². The van der Waals surface area contributed by atoms with Crippen LogP contribution in [0.1, 0.15) is 23.0 Å². The van der Waals surface area contributed by atoms with Crippen LogP contribution in [0, 0.1) is 5.82 Å². The van der Waals surface area contributed by atoms with Crippen LogP contribution >= 0.6 is 0 Å². The number of hydrogen-bond acceptors (Lipinski definition) is 4. The molecule has 2 amide bonds. The monoisotopic (exact) mass is 378 g/mol. The van der Waals surface area contributed by atoms with Gasteiger partial charge in [0.25, 0.3) is 5.91 Å². The first-order chi connectivity index (χ1) is 13.5. The molecule has 0 bridgehead atoms. The summed E-state index contributed by atoms with van der Waals surface area (Å²) in [5.74, 6) is -0.767. The van der Waals surface area contributed by atoms with Gasteiger partial charge in [0.15, 0.2) is 0 Å². The molecular weight excluding hydrogens is 359 g/mol. The van der Waals surface area contributed by atoms with E-state index in [4.69, 9.17) is 0 Å². The van der Waals surface area contributed by atoms with Gasteiger partial charge in [-0.3, -0.25) is 9.59 Å². The Morgan fingerprint density at radius 2 is 1.46 bits per heavy atom. The maximum Gasteiger partial charge on any atom is 0.274 e. The van der Waals surface area contributed by atoms with Crippen LogP contribution in [-0.4, -0.2) is 16.8 Å². The summed E-state index contributed by atoms with van der Waals surface area (Å²) in [6.07, 6.45) is 1.57. The molecule has 3 N–H and O–H groups in total. The third-order valence-electron chi connectivity index (χ3n) is 3.87. The van der Waals surface area contributed by atoms with E-state index in [1.54, 1.807) is 54.7 Å². The largest absolute Gasteiger partial charge is 0.380 e. The standard InChI is InChI=1S/C21H19FN4O2/c1-14(27)25-17-6-8-18(9-7-17)26-21(28)20-11-10-19(13-24-20)23-12-15-2-4-16(22)5-3-15/h2-11,13,23H,12H2,1H3,(H,25,27)(H,26,28). The average molecular weight is 378 g/mol. The fourth-order valence-electron chi connectivity index (χ4n) is 2.47. The van der Waals surface area contributed by atoms with E-state index in [0.717, 1.165) is 11.3 Å². The molecule has 0 unspecified atom stereocenters. The highest BCUT2D eigenvalue weighted by atomic mass is 19.1. The number of anilines is 3. The molecule has 0 aliphatic rings. The third kappa shape index (κ3) is 5.38. The lowest BCUT2D eigenvalue weighted by Crippen LogP contribution is -2.14. The lowest BCUT2D eigenvalue weighted by Gasteiger charge is -2.08. The molecule has 142 valence electrons. The maximum atomic E-state index is 12.9. The number of carbonyl (C=O) groups excluding carboxylic acids is 2. The molecule has 1 aromatic heterocycles. The van der Waals surface area contributed by atoms with E-state index in [9.17, 15) is 14.0 Å². The van der Waals surface area contributed by atoms with Crippen molar-refractivity contribution in [3.63, 3.8) is 0 Å². The van der Waals surface area contributed by atoms with Gasteiger partial charge in [0.2, 0.25) is 5.91 Å². The predicted molar refractivity (Wildman–Crippen MR) is 107 cm³/mol. The van der Waals surface area contributed by atoms with Gasteiger partial charge < -0.3 is 16.0 Å². The first kappa shape index (κ1) is 19.0. The highest BCUT2D eigenvalue weighted by Gasteiger charge is 2.08. The highest BCUT2D eigenvalue weighted by molar-refractivity contribution is 6.03. The van der Waals surface area contributed by atoms with Gasteiger partial charge in [-0.15, -0.1) is 0 Å². The van der Waals surface area contributed by atoms with E-state index in [1.165, 1.54) is 19.1 Å². The maximum absolute atomic E-state index is 12.9. The van der Waals surface area contributed by atoms with Gasteiger partial charge in [-0.1, -0.05) is 12.1 Å². The molecular formula is C21H19FN4O2. The van der Waals surface area contributed by atoms with Crippen LogP contribution in [0.5, 0.6) is 0 Å². The average Bonchev–Trinajstić information content (AvgIpc) is 2.69. The van der Waals surface area contributed by atoms with Crippen LogP contribution in [0.2, 0.25) is 0 Å². The zero-order valence-electron chi connectivity index (χ0n) is 15.2. The number of nitrogens with one attached hydrogen (secondary N) is 3. The summed E-state index contributed by atoms with van der Waals surface area (Å²) in [6.45, 7) is 1.95. The van der Waals surface area contributed by atoms with Crippen LogP contribution in [0.25, 0.3) is 0 Å². The van der Waals surface area contributed by atoms with Gasteiger partial charge in [-0.25, -0.2) is 9.37 Å². The van der Waals surface area contributed by atoms with Gasteiger partial charge in [-0.2, -0.15) is 0 Å². The van der Waals surface area contributed by atoms with Crippen LogP contribution < -0.4 is 16.0 Å². The van der Waals surface area contributed by atoms with Crippen molar-refractivity contribution in [2.75, 3.05) is 16.0 Å². The SMILES string of the molecule is CC(=O)Nc1ccc(NC(=O)c2ccc(NCc3ccc(F)cc3)cn2)cc1. The fourth-order valence-corrected chi connectivity index (χ4v) is 2.47. The molecule has 0 aliphatic heterocycles. The van der Waals surface area contributed by atoms with E-state index >= 15 is 0 Å². The normalized spacial score (nSPS) is 10.2. The Balaban J connectivity index is 1.55. The van der Waals surface area contributed by atoms with Crippen molar-refractivity contribution in [3.8, 4) is 0 Å². The Hall–Kier alpha value is -3.74. The first-order valence-corrected chi connectivity index (χ1v) is 8.63. The minimum Gasteiger partial charge on any atom is -0.380 e. The molecule has 0 spiro atoms. The molecule has 28 heavy (non-hydrogen) atoms. The summed E-state index contributed by atoms with van der Waals surface area (Å²) in [5.41, 5.74) is 3.21. The molecule has 0 atom stereocenters. The molecule has 0 saturated carbocycles. The molecule has 7 heteroatoms. The Bertz CT molecular complexity index is 955. The molecule has 1 heterocycles. The fraction of sp³-hybridized carbons (Fsp3) is 0.0952. The summed E-state index contributed by atoms with van der Waals surface area (Å²) in [7, 11) is 0. The number of benzene rings is 2. The molecule has 6 nitrogen and oxygen atoms in total. The van der Waals surface area contributed by atoms with Crippen molar-refractivity contribution in [1.82, 2.24) is 4.98 Å². The number of aromatic nitrogens is 1. The van der Waals surface area contributed by atoms with E-state index in [1.807, 2.05) is 0 Å². The Morgan fingerprint density at radius 3 is 2.04 bits per heavy atom. The highest BCUT2D eigenvalue weighted by Crippen LogP contribution is 2.15. The van der Waals surface area contributed by atoms with Crippen LogP contribution in [0.4, 0.5) is 21.5 Å². The summed E-state index contributed by atoms with van der Waals surface area (Å²) in [4.78, 5) is 27.5. The van der Waals surface area contributed by atoms with Crippen molar-refractivity contribution in [2.45, 2.75) is 13.5 Å². The number of carbonyl (C=O) groups is 2. The minimum atomic E-state index is -0.336. The number of pyridine rings is 1. The lowest BCUT2D eigenvalue weighted by molar-refractivity contribution is -0.114. The molecule has 0 fully saturated rings. The zero-order valence-corrected chi connectivity index (χ0v) is 15.2. The van der Waals surface area contributed by atoms with Crippen LogP contribution in [-0.2, 0) is 11.3 Å². The number of hydrogen-bond donors (Lipinski definition) is 3. The molecule has 3 rings (SSSR count). The smallest absolute Gasteiger partial charge is 0.274 e. The summed E-state index contributed by atoms with van der Waals surface area (Å²) >= 11 is 0. The van der Waals surface area contributed by atoms with Gasteiger partial charge >= 0.3 is 0 Å². The van der Waals surface area contributed by atoms with Gasteiger partial charge in [0.1, 0.15) is 11.5 Å². The lowest BCUT2D eigenvalue weighted by atomic mass is 10.2. The van der Waals surface area contributed by atoms with Crippen molar-refractivity contribution in [2.24, 2.45) is 0 Å². The summed E-state index contributed by atoms with van der Waals surface area (Å²) < 4.78 is 12.9. The Morgan fingerprint density at radius 1 is 0.857 bits per heavy atom. The van der Waals surface area contributed by atoms with Crippen molar-refractivity contribution in [1.29, 1.82) is 0 Å². The number of rotatable bonds is 6. The Labute approximate surface area is 161 Å². The van der Waals surface area contributed by atoms with E-state index < -0.39 is 0 Å². The molecule has 0 radical (unpaired) electrons. The molecule has 0 aliphatic carbocycles. The molecule has 0 saturated heterocycles. The molecule has 3 aromatic rings. The quantitative estimate of drug-likeness (QED) is 0.604. The number of nitrogens with zero attached hydrogens (tertiary/aromatic N) is 1. The number of amides is 2. The topological polar surface area (TPSA) is 83.1 Å². The first-order valence-electron chi connectivity index (χ1n) is 8.63. The predicted octanol–water partition coefficient (Wildman–Crippen LogP) is 4.04. The van der Waals surface area contributed by atoms with E-state index in [-0.39, 0.29) is 23.3 Å². The summed E-state index contributed by atoms with van der Waals surface area (Å²) in [5, 5.41) is 8.58. The second kappa shape index (κ2) is 8.77. The summed E-state index contributed by atoms with van der Waals surface area (Å²) in [6, 6.07) is 16.4. The second-order valence-electron chi connectivity index (χ2n) is 6.12. The van der Waals surface area contributed by atoms with Gasteiger partial charge in [0, 0.05) is 24.8 Å². The minimum absolute atomic E-state index is 0.158. The van der Waals surface area contributed by atoms with E-state index in [0.29, 0.717) is 17.9 Å². The third-order valence-corrected chi connectivity index (χ3v) is 3.87. The number of halogens is 1. The van der Waals surface area contributed by atoms with Crippen molar-refractivity contribution in [3.05, 3.63) is 83.9 Å². The Kier molecular flexibility index (Phi) is 5.96. The van der Waals surface area contributed by atoms with E-state index in [2.05, 4.69) is 20.9 Å². The zero-order chi connectivity index (χ0) is 19.9. The second-order valence-corrected chi connectivity index (χ2v) is 6.12. The van der Waals surface area contributed by atoms with Gasteiger partial charge in [-0.05, 0) is 54.1 Å². The van der Waals surface area contributed by atoms with Crippen molar-refractivity contribution >= 4 is 28.9 Å². The van der Waals surface area contributed by atoms with Crippen LogP contribution in [0.3, 0.4) is 0 Å². The van der Waals surface area contributed by atoms with Crippen LogP contribution in [0.15, 0.2) is 66.9 Å².